The monoisotopic (exact) mass is 352 g/mol. The molecule has 0 atom stereocenters. The van der Waals surface area contributed by atoms with Crippen molar-refractivity contribution in [2.24, 2.45) is 10.7 Å². The molecule has 0 bridgehead atoms. The first-order valence-electron chi connectivity index (χ1n) is 8.34. The number of nitrogens with two attached hydrogens (primary N) is 1. The zero-order chi connectivity index (χ0) is 18.2. The summed E-state index contributed by atoms with van der Waals surface area (Å²) in [5.74, 6) is 0.0889. The number of amides is 1. The van der Waals surface area contributed by atoms with Gasteiger partial charge in [-0.2, -0.15) is 0 Å². The average molecular weight is 352 g/mol. The molecule has 1 aromatic rings. The first-order valence-corrected chi connectivity index (χ1v) is 8.34. The van der Waals surface area contributed by atoms with E-state index in [1.165, 1.54) is 13.2 Å². The average Bonchev–Trinajstić information content (AvgIpc) is 2.61. The summed E-state index contributed by atoms with van der Waals surface area (Å²) in [7, 11) is 1.42. The highest BCUT2D eigenvalue weighted by Gasteiger charge is 2.23. The van der Waals surface area contributed by atoms with Crippen LogP contribution in [-0.4, -0.2) is 49.8 Å². The molecule has 7 nitrogen and oxygen atoms in total. The fourth-order valence-corrected chi connectivity index (χ4v) is 2.66. The number of carbonyl (C=O) groups excluding carboxylic acids is 1. The zero-order valence-corrected chi connectivity index (χ0v) is 14.6. The van der Waals surface area contributed by atoms with Crippen molar-refractivity contribution in [2.45, 2.75) is 32.4 Å². The Hall–Kier alpha value is -2.51. The standard InChI is InChI=1S/C17H25FN4O3/c1-3-25-17(23)22-8-6-13(7-9-22)21-16(19)20-11-12-4-5-15(24-2)14(18)10-12/h4-5,10,13H,3,6-9,11H2,1-2H3,(H3,19,20,21). The molecule has 1 heterocycles. The molecule has 2 rings (SSSR count). The van der Waals surface area contributed by atoms with E-state index < -0.39 is 5.82 Å². The summed E-state index contributed by atoms with van der Waals surface area (Å²) in [5, 5.41) is 3.15. The molecule has 1 saturated heterocycles. The Morgan fingerprint density at radius 1 is 1.44 bits per heavy atom. The number of likely N-dealkylation sites (tertiary alicyclic amines) is 1. The molecule has 0 spiro atoms. The molecule has 1 aliphatic rings. The van der Waals surface area contributed by atoms with E-state index in [9.17, 15) is 9.18 Å². The number of carbonyl (C=O) groups is 1. The minimum atomic E-state index is -0.423. The summed E-state index contributed by atoms with van der Waals surface area (Å²) in [6, 6.07) is 4.85. The van der Waals surface area contributed by atoms with Gasteiger partial charge in [0.1, 0.15) is 0 Å². The Morgan fingerprint density at radius 2 is 2.16 bits per heavy atom. The van der Waals surface area contributed by atoms with Crippen molar-refractivity contribution in [3.8, 4) is 5.75 Å². The second-order valence-corrected chi connectivity index (χ2v) is 5.77. The predicted molar refractivity (Wildman–Crippen MR) is 93.0 cm³/mol. The van der Waals surface area contributed by atoms with Crippen LogP contribution in [0.15, 0.2) is 23.2 Å². The molecule has 0 saturated carbocycles. The highest BCUT2D eigenvalue weighted by atomic mass is 19.1. The predicted octanol–water partition coefficient (Wildman–Crippen LogP) is 1.86. The van der Waals surface area contributed by atoms with Gasteiger partial charge in [-0.25, -0.2) is 14.2 Å². The van der Waals surface area contributed by atoms with Gasteiger partial charge >= 0.3 is 6.09 Å². The topological polar surface area (TPSA) is 89.2 Å². The van der Waals surface area contributed by atoms with Crippen molar-refractivity contribution in [1.82, 2.24) is 10.2 Å². The summed E-state index contributed by atoms with van der Waals surface area (Å²) in [4.78, 5) is 17.6. The Morgan fingerprint density at radius 3 is 2.76 bits per heavy atom. The number of ether oxygens (including phenoxy) is 2. The third-order valence-corrected chi connectivity index (χ3v) is 4.02. The number of methoxy groups -OCH3 is 1. The number of guanidine groups is 1. The molecule has 138 valence electrons. The van der Waals surface area contributed by atoms with Crippen molar-refractivity contribution >= 4 is 12.1 Å². The Labute approximate surface area is 147 Å². The summed E-state index contributed by atoms with van der Waals surface area (Å²) in [6.07, 6.45) is 1.27. The number of nitrogens with zero attached hydrogens (tertiary/aromatic N) is 2. The van der Waals surface area contributed by atoms with Gasteiger partial charge in [-0.1, -0.05) is 6.07 Å². The highest BCUT2D eigenvalue weighted by molar-refractivity contribution is 5.78. The first kappa shape index (κ1) is 18.8. The number of benzene rings is 1. The minimum absolute atomic E-state index is 0.155. The molecule has 1 aromatic carbocycles. The van der Waals surface area contributed by atoms with Crippen molar-refractivity contribution in [1.29, 1.82) is 0 Å². The number of hydrogen-bond donors (Lipinski definition) is 2. The lowest BCUT2D eigenvalue weighted by Crippen LogP contribution is -2.48. The quantitative estimate of drug-likeness (QED) is 0.624. The lowest BCUT2D eigenvalue weighted by atomic mass is 10.1. The molecule has 1 aliphatic heterocycles. The van der Waals surface area contributed by atoms with Crippen LogP contribution in [0.1, 0.15) is 25.3 Å². The van der Waals surface area contributed by atoms with E-state index in [0.717, 1.165) is 12.8 Å². The second kappa shape index (κ2) is 9.10. The van der Waals surface area contributed by atoms with Gasteiger partial charge in [-0.3, -0.25) is 0 Å². The highest BCUT2D eigenvalue weighted by Crippen LogP contribution is 2.18. The van der Waals surface area contributed by atoms with Crippen LogP contribution in [0.3, 0.4) is 0 Å². The van der Waals surface area contributed by atoms with Crippen LogP contribution in [0.2, 0.25) is 0 Å². The van der Waals surface area contributed by atoms with Crippen LogP contribution in [-0.2, 0) is 11.3 Å². The van der Waals surface area contributed by atoms with Gasteiger partial charge in [0.25, 0.3) is 0 Å². The van der Waals surface area contributed by atoms with Crippen LogP contribution >= 0.6 is 0 Å². The van der Waals surface area contributed by atoms with Crippen molar-refractivity contribution in [2.75, 3.05) is 26.8 Å². The fourth-order valence-electron chi connectivity index (χ4n) is 2.66. The number of hydrogen-bond acceptors (Lipinski definition) is 4. The van der Waals surface area contributed by atoms with E-state index in [-0.39, 0.29) is 24.4 Å². The van der Waals surface area contributed by atoms with Gasteiger partial charge in [0.2, 0.25) is 0 Å². The van der Waals surface area contributed by atoms with Gasteiger partial charge in [-0.15, -0.1) is 0 Å². The maximum absolute atomic E-state index is 13.6. The van der Waals surface area contributed by atoms with Crippen molar-refractivity contribution < 1.29 is 18.7 Å². The number of halogens is 1. The summed E-state index contributed by atoms with van der Waals surface area (Å²) >= 11 is 0. The SMILES string of the molecule is CCOC(=O)N1CCC(NC(N)=NCc2ccc(OC)c(F)c2)CC1. The van der Waals surface area contributed by atoms with E-state index in [0.29, 0.717) is 31.2 Å². The molecule has 0 radical (unpaired) electrons. The number of piperidine rings is 1. The molecule has 0 unspecified atom stereocenters. The normalized spacial score (nSPS) is 15.8. The van der Waals surface area contributed by atoms with E-state index >= 15 is 0 Å². The van der Waals surface area contributed by atoms with E-state index in [1.807, 2.05) is 0 Å². The first-order chi connectivity index (χ1) is 12.0. The lowest BCUT2D eigenvalue weighted by Gasteiger charge is -2.31. The molecule has 0 aromatic heterocycles. The third kappa shape index (κ3) is 5.51. The zero-order valence-electron chi connectivity index (χ0n) is 14.6. The van der Waals surface area contributed by atoms with Crippen LogP contribution < -0.4 is 15.8 Å². The van der Waals surface area contributed by atoms with Gasteiger partial charge < -0.3 is 25.4 Å². The Bertz CT molecular complexity index is 616. The fraction of sp³-hybridized carbons (Fsp3) is 0.529. The molecule has 3 N–H and O–H groups in total. The molecular weight excluding hydrogens is 327 g/mol. The van der Waals surface area contributed by atoms with E-state index in [2.05, 4.69) is 10.3 Å². The largest absolute Gasteiger partial charge is 0.494 e. The van der Waals surface area contributed by atoms with Crippen LogP contribution in [0.25, 0.3) is 0 Å². The van der Waals surface area contributed by atoms with Crippen molar-refractivity contribution in [3.05, 3.63) is 29.6 Å². The summed E-state index contributed by atoms with van der Waals surface area (Å²) in [5.41, 5.74) is 6.61. The second-order valence-electron chi connectivity index (χ2n) is 5.77. The van der Waals surface area contributed by atoms with Gasteiger partial charge in [0.05, 0.1) is 20.3 Å². The Balaban J connectivity index is 1.80. The van der Waals surface area contributed by atoms with Crippen molar-refractivity contribution in [3.63, 3.8) is 0 Å². The summed E-state index contributed by atoms with van der Waals surface area (Å²) < 4.78 is 23.5. The smallest absolute Gasteiger partial charge is 0.409 e. The molecule has 8 heteroatoms. The van der Waals surface area contributed by atoms with Gasteiger partial charge in [-0.05, 0) is 37.5 Å². The van der Waals surface area contributed by atoms with Gasteiger partial charge in [0, 0.05) is 19.1 Å². The Kier molecular flexibility index (Phi) is 6.85. The number of rotatable bonds is 5. The molecule has 1 amide bonds. The maximum atomic E-state index is 13.6. The van der Waals surface area contributed by atoms with Crippen LogP contribution in [0.5, 0.6) is 5.75 Å². The number of nitrogens with one attached hydrogen (secondary N) is 1. The van der Waals surface area contributed by atoms with E-state index in [1.54, 1.807) is 24.0 Å². The number of aliphatic imine (C=N–C) groups is 1. The van der Waals surface area contributed by atoms with Crippen LogP contribution in [0.4, 0.5) is 9.18 Å². The lowest BCUT2D eigenvalue weighted by molar-refractivity contribution is 0.0963. The minimum Gasteiger partial charge on any atom is -0.494 e. The molecular formula is C17H25FN4O3. The van der Waals surface area contributed by atoms with E-state index in [4.69, 9.17) is 15.2 Å². The molecule has 25 heavy (non-hydrogen) atoms. The molecule has 1 fully saturated rings. The maximum Gasteiger partial charge on any atom is 0.409 e. The third-order valence-electron chi connectivity index (χ3n) is 4.02. The van der Waals surface area contributed by atoms with Gasteiger partial charge in [0.15, 0.2) is 17.5 Å². The molecule has 0 aliphatic carbocycles. The summed E-state index contributed by atoms with van der Waals surface area (Å²) in [6.45, 7) is 3.68. The van der Waals surface area contributed by atoms with Crippen LogP contribution in [0, 0.1) is 5.82 Å².